The zero-order valence-electron chi connectivity index (χ0n) is 6.06. The highest BCUT2D eigenvalue weighted by Gasteiger charge is 2.17. The van der Waals surface area contributed by atoms with Crippen LogP contribution in [0, 0.1) is 12.7 Å². The molecule has 0 radical (unpaired) electrons. The molecular weight excluding hydrogens is 147 g/mol. The van der Waals surface area contributed by atoms with E-state index in [1.165, 1.54) is 6.07 Å². The minimum Gasteiger partial charge on any atom is -0.453 e. The third-order valence-electron chi connectivity index (χ3n) is 1.57. The van der Waals surface area contributed by atoms with Crippen LogP contribution in [0.25, 0.3) is 0 Å². The molecule has 0 N–H and O–H groups in total. The van der Waals surface area contributed by atoms with Crippen molar-refractivity contribution in [1.82, 2.24) is 0 Å². The molecule has 0 amide bonds. The molecule has 0 saturated heterocycles. The van der Waals surface area contributed by atoms with Gasteiger partial charge in [-0.3, -0.25) is 0 Å². The van der Waals surface area contributed by atoms with Crippen LogP contribution in [0.5, 0.6) is 11.5 Å². The zero-order valence-corrected chi connectivity index (χ0v) is 6.06. The minimum absolute atomic E-state index is 0.121. The number of ether oxygens (including phenoxy) is 2. The van der Waals surface area contributed by atoms with Gasteiger partial charge in [0.15, 0.2) is 11.6 Å². The predicted octanol–water partition coefficient (Wildman–Crippen LogP) is 1.86. The quantitative estimate of drug-likeness (QED) is 0.567. The Kier molecular flexibility index (Phi) is 1.24. The van der Waals surface area contributed by atoms with Gasteiger partial charge in [0.2, 0.25) is 12.5 Å². The topological polar surface area (TPSA) is 18.5 Å². The van der Waals surface area contributed by atoms with Gasteiger partial charge >= 0.3 is 0 Å². The van der Waals surface area contributed by atoms with E-state index in [0.29, 0.717) is 5.75 Å². The average Bonchev–Trinajstić information content (AvgIpc) is 2.34. The number of hydrogen-bond acceptors (Lipinski definition) is 2. The van der Waals surface area contributed by atoms with Crippen molar-refractivity contribution in [2.45, 2.75) is 6.92 Å². The number of fused-ring (bicyclic) bond motifs is 1. The first-order valence-electron chi connectivity index (χ1n) is 3.33. The van der Waals surface area contributed by atoms with Crippen LogP contribution in [-0.2, 0) is 0 Å². The monoisotopic (exact) mass is 154 g/mol. The highest BCUT2D eigenvalue weighted by molar-refractivity contribution is 5.45. The molecule has 1 aliphatic rings. The van der Waals surface area contributed by atoms with Crippen LogP contribution >= 0.6 is 0 Å². The fraction of sp³-hybridized carbons (Fsp3) is 0.250. The van der Waals surface area contributed by atoms with E-state index in [1.807, 2.05) is 6.92 Å². The second-order valence-corrected chi connectivity index (χ2v) is 2.48. The third-order valence-corrected chi connectivity index (χ3v) is 1.57. The Morgan fingerprint density at radius 3 is 3.00 bits per heavy atom. The van der Waals surface area contributed by atoms with Gasteiger partial charge in [-0.1, -0.05) is 0 Å². The Balaban J connectivity index is 2.60. The average molecular weight is 154 g/mol. The zero-order chi connectivity index (χ0) is 7.84. The van der Waals surface area contributed by atoms with Crippen molar-refractivity contribution in [1.29, 1.82) is 0 Å². The van der Waals surface area contributed by atoms with E-state index in [0.717, 1.165) is 5.56 Å². The van der Waals surface area contributed by atoms with Crippen LogP contribution in [-0.4, -0.2) is 6.79 Å². The SMILES string of the molecule is Cc1cc(F)c2c(c1)OCO2. The van der Waals surface area contributed by atoms with E-state index in [-0.39, 0.29) is 18.4 Å². The molecular formula is C8H7FO2. The number of aryl methyl sites for hydroxylation is 1. The summed E-state index contributed by atoms with van der Waals surface area (Å²) in [7, 11) is 0. The first-order valence-corrected chi connectivity index (χ1v) is 3.33. The highest BCUT2D eigenvalue weighted by atomic mass is 19.1. The van der Waals surface area contributed by atoms with Crippen molar-refractivity contribution in [2.24, 2.45) is 0 Å². The molecule has 0 fully saturated rings. The van der Waals surface area contributed by atoms with Gasteiger partial charge in [0.05, 0.1) is 0 Å². The number of hydrogen-bond donors (Lipinski definition) is 0. The summed E-state index contributed by atoms with van der Waals surface area (Å²) in [6.07, 6.45) is 0. The lowest BCUT2D eigenvalue weighted by molar-refractivity contribution is 0.171. The number of halogens is 1. The molecule has 0 unspecified atom stereocenters. The van der Waals surface area contributed by atoms with Crippen LogP contribution in [0.15, 0.2) is 12.1 Å². The Hall–Kier alpha value is -1.25. The summed E-state index contributed by atoms with van der Waals surface area (Å²) in [4.78, 5) is 0. The summed E-state index contributed by atoms with van der Waals surface area (Å²) in [6.45, 7) is 1.93. The van der Waals surface area contributed by atoms with Gasteiger partial charge in [-0.05, 0) is 24.6 Å². The Morgan fingerprint density at radius 2 is 2.18 bits per heavy atom. The molecule has 1 heterocycles. The number of benzene rings is 1. The summed E-state index contributed by atoms with van der Waals surface area (Å²) in [5.41, 5.74) is 0.840. The maximum absolute atomic E-state index is 12.9. The molecule has 0 aliphatic carbocycles. The van der Waals surface area contributed by atoms with Crippen molar-refractivity contribution in [2.75, 3.05) is 6.79 Å². The largest absolute Gasteiger partial charge is 0.453 e. The highest BCUT2D eigenvalue weighted by Crippen LogP contribution is 2.35. The molecule has 2 nitrogen and oxygen atoms in total. The third kappa shape index (κ3) is 0.926. The van der Waals surface area contributed by atoms with E-state index in [2.05, 4.69) is 0 Å². The second-order valence-electron chi connectivity index (χ2n) is 2.48. The van der Waals surface area contributed by atoms with E-state index in [1.54, 1.807) is 6.07 Å². The van der Waals surface area contributed by atoms with Gasteiger partial charge in [-0.15, -0.1) is 0 Å². The number of rotatable bonds is 0. The molecule has 1 aromatic carbocycles. The van der Waals surface area contributed by atoms with Crippen LogP contribution in [0.4, 0.5) is 4.39 Å². The van der Waals surface area contributed by atoms with Gasteiger partial charge in [0.1, 0.15) is 0 Å². The molecule has 1 aliphatic heterocycles. The Labute approximate surface area is 63.5 Å². The van der Waals surface area contributed by atoms with Gasteiger partial charge in [0.25, 0.3) is 0 Å². The van der Waals surface area contributed by atoms with Gasteiger partial charge in [-0.2, -0.15) is 0 Å². The molecule has 2 rings (SSSR count). The van der Waals surface area contributed by atoms with E-state index < -0.39 is 0 Å². The van der Waals surface area contributed by atoms with Crippen molar-refractivity contribution < 1.29 is 13.9 Å². The van der Waals surface area contributed by atoms with E-state index in [4.69, 9.17) is 9.47 Å². The van der Waals surface area contributed by atoms with Crippen molar-refractivity contribution in [3.63, 3.8) is 0 Å². The maximum Gasteiger partial charge on any atom is 0.231 e. The van der Waals surface area contributed by atoms with E-state index in [9.17, 15) is 4.39 Å². The molecule has 0 atom stereocenters. The lowest BCUT2D eigenvalue weighted by Gasteiger charge is -1.97. The fourth-order valence-electron chi connectivity index (χ4n) is 1.10. The summed E-state index contributed by atoms with van der Waals surface area (Å²) in [6, 6.07) is 3.18. The smallest absolute Gasteiger partial charge is 0.231 e. The Morgan fingerprint density at radius 1 is 1.36 bits per heavy atom. The first-order chi connectivity index (χ1) is 5.27. The van der Waals surface area contributed by atoms with Crippen LogP contribution in [0.3, 0.4) is 0 Å². The summed E-state index contributed by atoms with van der Waals surface area (Å²) < 4.78 is 22.8. The molecule has 0 spiro atoms. The van der Waals surface area contributed by atoms with Gasteiger partial charge < -0.3 is 9.47 Å². The van der Waals surface area contributed by atoms with E-state index >= 15 is 0 Å². The molecule has 0 saturated carbocycles. The summed E-state index contributed by atoms with van der Waals surface area (Å²) >= 11 is 0. The van der Waals surface area contributed by atoms with Crippen molar-refractivity contribution >= 4 is 0 Å². The maximum atomic E-state index is 12.9. The molecule has 1 aromatic rings. The molecule has 3 heteroatoms. The standard InChI is InChI=1S/C8H7FO2/c1-5-2-6(9)8-7(3-5)10-4-11-8/h2-3H,4H2,1H3. The predicted molar refractivity (Wildman–Crippen MR) is 37.3 cm³/mol. The van der Waals surface area contributed by atoms with Crippen LogP contribution in [0.2, 0.25) is 0 Å². The lowest BCUT2D eigenvalue weighted by atomic mass is 10.2. The normalized spacial score (nSPS) is 13.6. The van der Waals surface area contributed by atoms with Gasteiger partial charge in [0, 0.05) is 0 Å². The van der Waals surface area contributed by atoms with Crippen molar-refractivity contribution in [3.05, 3.63) is 23.5 Å². The lowest BCUT2D eigenvalue weighted by Crippen LogP contribution is -1.93. The Bertz CT molecular complexity index is 296. The summed E-state index contributed by atoms with van der Waals surface area (Å²) in [5, 5.41) is 0. The summed E-state index contributed by atoms with van der Waals surface area (Å²) in [5.74, 6) is 0.385. The van der Waals surface area contributed by atoms with Crippen molar-refractivity contribution in [3.8, 4) is 11.5 Å². The molecule has 0 bridgehead atoms. The molecule has 11 heavy (non-hydrogen) atoms. The second kappa shape index (κ2) is 2.12. The molecule has 58 valence electrons. The minimum atomic E-state index is -0.350. The van der Waals surface area contributed by atoms with Crippen LogP contribution < -0.4 is 9.47 Å². The van der Waals surface area contributed by atoms with Crippen LogP contribution in [0.1, 0.15) is 5.56 Å². The molecule has 0 aromatic heterocycles. The fourth-order valence-corrected chi connectivity index (χ4v) is 1.10. The first kappa shape index (κ1) is 6.46. The van der Waals surface area contributed by atoms with Gasteiger partial charge in [-0.25, -0.2) is 4.39 Å².